The molecule has 0 spiro atoms. The van der Waals surface area contributed by atoms with Crippen molar-refractivity contribution in [1.82, 2.24) is 5.32 Å². The molecule has 0 aliphatic carbocycles. The Morgan fingerprint density at radius 2 is 1.72 bits per heavy atom. The van der Waals surface area contributed by atoms with E-state index in [9.17, 15) is 14.4 Å². The molecule has 0 unspecified atom stereocenters. The Labute approximate surface area is 149 Å². The zero-order valence-corrected chi connectivity index (χ0v) is 15.4. The summed E-state index contributed by atoms with van der Waals surface area (Å²) in [5.74, 6) is -0.388. The van der Waals surface area contributed by atoms with E-state index in [0.29, 0.717) is 36.1 Å². The Bertz CT molecular complexity index is 597. The molecule has 0 aliphatic heterocycles. The van der Waals surface area contributed by atoms with Gasteiger partial charge in [0.25, 0.3) is 11.8 Å². The van der Waals surface area contributed by atoms with Crippen molar-refractivity contribution in [1.29, 1.82) is 0 Å². The number of hydrogen-bond acceptors (Lipinski definition) is 4. The van der Waals surface area contributed by atoms with Crippen LogP contribution in [0.25, 0.3) is 0 Å². The molecular formula is C19H28N2O4. The number of rotatable bonds is 9. The standard InChI is InChI=1S/C19H28N2O4/c1-13(2)9-10-18(23)25-12-17(22)21-16-8-6-5-7-15(16)19(24)20-11-14(3)4/h5-8,13-14H,9-12H2,1-4H3,(H,20,24)(H,21,22). The number of benzene rings is 1. The average molecular weight is 348 g/mol. The molecule has 1 rings (SSSR count). The topological polar surface area (TPSA) is 84.5 Å². The monoisotopic (exact) mass is 348 g/mol. The molecule has 25 heavy (non-hydrogen) atoms. The summed E-state index contributed by atoms with van der Waals surface area (Å²) in [6.07, 6.45) is 1.01. The number of esters is 1. The molecule has 6 heteroatoms. The van der Waals surface area contributed by atoms with E-state index in [1.165, 1.54) is 0 Å². The molecule has 0 bridgehead atoms. The van der Waals surface area contributed by atoms with Gasteiger partial charge in [0.15, 0.2) is 6.61 Å². The summed E-state index contributed by atoms with van der Waals surface area (Å²) in [5, 5.41) is 5.44. The molecule has 0 radical (unpaired) electrons. The van der Waals surface area contributed by atoms with E-state index in [4.69, 9.17) is 4.74 Å². The van der Waals surface area contributed by atoms with Crippen LogP contribution >= 0.6 is 0 Å². The first-order valence-corrected chi connectivity index (χ1v) is 8.62. The van der Waals surface area contributed by atoms with Crippen LogP contribution in [0.1, 0.15) is 50.9 Å². The second-order valence-corrected chi connectivity index (χ2v) is 6.79. The van der Waals surface area contributed by atoms with Crippen molar-refractivity contribution in [2.75, 3.05) is 18.5 Å². The zero-order valence-electron chi connectivity index (χ0n) is 15.4. The lowest BCUT2D eigenvalue weighted by Gasteiger charge is -2.12. The first-order valence-electron chi connectivity index (χ1n) is 8.62. The fraction of sp³-hybridized carbons (Fsp3) is 0.526. The van der Waals surface area contributed by atoms with E-state index in [0.717, 1.165) is 6.42 Å². The molecule has 0 saturated heterocycles. The summed E-state index contributed by atoms with van der Waals surface area (Å²) in [6, 6.07) is 6.73. The Hall–Kier alpha value is -2.37. The van der Waals surface area contributed by atoms with Crippen LogP contribution in [-0.2, 0) is 14.3 Å². The minimum absolute atomic E-state index is 0.251. The van der Waals surface area contributed by atoms with Crippen LogP contribution in [0.3, 0.4) is 0 Å². The van der Waals surface area contributed by atoms with Crippen molar-refractivity contribution in [3.8, 4) is 0 Å². The van der Waals surface area contributed by atoms with Gasteiger partial charge in [-0.25, -0.2) is 0 Å². The molecule has 2 amide bonds. The van der Waals surface area contributed by atoms with Crippen molar-refractivity contribution >= 4 is 23.5 Å². The minimum Gasteiger partial charge on any atom is -0.456 e. The average Bonchev–Trinajstić information content (AvgIpc) is 2.56. The smallest absolute Gasteiger partial charge is 0.306 e. The Kier molecular flexibility index (Phi) is 8.67. The van der Waals surface area contributed by atoms with Gasteiger partial charge in [0.2, 0.25) is 0 Å². The first kappa shape index (κ1) is 20.7. The minimum atomic E-state index is -0.470. The predicted octanol–water partition coefficient (Wildman–Crippen LogP) is 2.99. The lowest BCUT2D eigenvalue weighted by Crippen LogP contribution is -2.29. The van der Waals surface area contributed by atoms with E-state index in [1.54, 1.807) is 24.3 Å². The quantitative estimate of drug-likeness (QED) is 0.672. The number of anilines is 1. The molecule has 0 heterocycles. The van der Waals surface area contributed by atoms with Crippen molar-refractivity contribution in [3.63, 3.8) is 0 Å². The highest BCUT2D eigenvalue weighted by Crippen LogP contribution is 2.15. The van der Waals surface area contributed by atoms with Gasteiger partial charge in [0.05, 0.1) is 11.3 Å². The fourth-order valence-electron chi connectivity index (χ4n) is 1.99. The number of hydrogen-bond donors (Lipinski definition) is 2. The van der Waals surface area contributed by atoms with Gasteiger partial charge >= 0.3 is 5.97 Å². The number of ether oxygens (including phenoxy) is 1. The Morgan fingerprint density at radius 3 is 2.36 bits per heavy atom. The lowest BCUT2D eigenvalue weighted by atomic mass is 10.1. The van der Waals surface area contributed by atoms with Crippen LogP contribution in [0.4, 0.5) is 5.69 Å². The van der Waals surface area contributed by atoms with Gasteiger partial charge in [-0.1, -0.05) is 39.8 Å². The van der Waals surface area contributed by atoms with Gasteiger partial charge in [0, 0.05) is 13.0 Å². The molecule has 0 saturated carbocycles. The SMILES string of the molecule is CC(C)CCC(=O)OCC(=O)Nc1ccccc1C(=O)NCC(C)C. The fourth-order valence-corrected chi connectivity index (χ4v) is 1.99. The van der Waals surface area contributed by atoms with Crippen molar-refractivity contribution in [2.45, 2.75) is 40.5 Å². The number of carbonyl (C=O) groups excluding carboxylic acids is 3. The summed E-state index contributed by atoms with van der Waals surface area (Å²) >= 11 is 0. The summed E-state index contributed by atoms with van der Waals surface area (Å²) in [5.41, 5.74) is 0.773. The number of para-hydroxylation sites is 1. The van der Waals surface area contributed by atoms with Gasteiger partial charge in [0.1, 0.15) is 0 Å². The summed E-state index contributed by atoms with van der Waals surface area (Å²) < 4.78 is 4.95. The van der Waals surface area contributed by atoms with Gasteiger partial charge in [-0.15, -0.1) is 0 Å². The molecular weight excluding hydrogens is 320 g/mol. The van der Waals surface area contributed by atoms with Crippen LogP contribution in [0.15, 0.2) is 24.3 Å². The molecule has 138 valence electrons. The Balaban J connectivity index is 2.57. The maximum absolute atomic E-state index is 12.2. The maximum Gasteiger partial charge on any atom is 0.306 e. The molecule has 1 aromatic carbocycles. The van der Waals surface area contributed by atoms with Crippen LogP contribution in [0.2, 0.25) is 0 Å². The molecule has 0 aliphatic rings. The third-order valence-corrected chi connectivity index (χ3v) is 3.41. The van der Waals surface area contributed by atoms with Gasteiger partial charge in [-0.2, -0.15) is 0 Å². The van der Waals surface area contributed by atoms with Crippen molar-refractivity contribution in [3.05, 3.63) is 29.8 Å². The van der Waals surface area contributed by atoms with Crippen LogP contribution in [-0.4, -0.2) is 30.9 Å². The van der Waals surface area contributed by atoms with Gasteiger partial charge < -0.3 is 15.4 Å². The summed E-state index contributed by atoms with van der Waals surface area (Å²) in [7, 11) is 0. The molecule has 0 fully saturated rings. The third kappa shape index (κ3) is 8.33. The van der Waals surface area contributed by atoms with Crippen LogP contribution in [0, 0.1) is 11.8 Å². The summed E-state index contributed by atoms with van der Waals surface area (Å²) in [4.78, 5) is 35.8. The third-order valence-electron chi connectivity index (χ3n) is 3.41. The normalized spacial score (nSPS) is 10.6. The number of amides is 2. The molecule has 0 atom stereocenters. The first-order chi connectivity index (χ1) is 11.8. The zero-order chi connectivity index (χ0) is 18.8. The molecule has 0 aromatic heterocycles. The highest BCUT2D eigenvalue weighted by Gasteiger charge is 2.14. The van der Waals surface area contributed by atoms with E-state index >= 15 is 0 Å². The molecule has 1 aromatic rings. The van der Waals surface area contributed by atoms with Crippen molar-refractivity contribution < 1.29 is 19.1 Å². The number of carbonyl (C=O) groups is 3. The van der Waals surface area contributed by atoms with Gasteiger partial charge in [-0.05, 0) is 30.4 Å². The second kappa shape index (κ2) is 10.5. The largest absolute Gasteiger partial charge is 0.456 e. The van der Waals surface area contributed by atoms with Gasteiger partial charge in [-0.3, -0.25) is 14.4 Å². The van der Waals surface area contributed by atoms with E-state index < -0.39 is 11.9 Å². The summed E-state index contributed by atoms with van der Waals surface area (Å²) in [6.45, 7) is 8.22. The highest BCUT2D eigenvalue weighted by atomic mass is 16.5. The van der Waals surface area contributed by atoms with Crippen molar-refractivity contribution in [2.24, 2.45) is 11.8 Å². The van der Waals surface area contributed by atoms with Crippen LogP contribution < -0.4 is 10.6 Å². The lowest BCUT2D eigenvalue weighted by molar-refractivity contribution is -0.147. The van der Waals surface area contributed by atoms with E-state index in [2.05, 4.69) is 10.6 Å². The number of nitrogens with one attached hydrogen (secondary N) is 2. The second-order valence-electron chi connectivity index (χ2n) is 6.79. The molecule has 2 N–H and O–H groups in total. The van der Waals surface area contributed by atoms with E-state index in [1.807, 2.05) is 27.7 Å². The molecule has 6 nitrogen and oxygen atoms in total. The van der Waals surface area contributed by atoms with Crippen LogP contribution in [0.5, 0.6) is 0 Å². The highest BCUT2D eigenvalue weighted by molar-refractivity contribution is 6.04. The maximum atomic E-state index is 12.2. The Morgan fingerprint density at radius 1 is 1.04 bits per heavy atom. The van der Waals surface area contributed by atoms with E-state index in [-0.39, 0.29) is 12.5 Å². The predicted molar refractivity (Wildman–Crippen MR) is 97.3 cm³/mol.